The van der Waals surface area contributed by atoms with E-state index >= 15 is 0 Å². The number of benzene rings is 2. The number of carbonyl (C=O) groups excluding carboxylic acids is 1. The second kappa shape index (κ2) is 5.46. The summed E-state index contributed by atoms with van der Waals surface area (Å²) in [6.45, 7) is 0. The molecule has 0 fully saturated rings. The van der Waals surface area contributed by atoms with Crippen molar-refractivity contribution in [1.29, 1.82) is 0 Å². The van der Waals surface area contributed by atoms with Gasteiger partial charge in [0, 0.05) is 31.7 Å². The molecule has 0 unspecified atom stereocenters. The Morgan fingerprint density at radius 2 is 1.85 bits per heavy atom. The second-order valence-corrected chi connectivity index (χ2v) is 6.13. The van der Waals surface area contributed by atoms with Crippen molar-refractivity contribution in [3.63, 3.8) is 0 Å². The topological polar surface area (TPSA) is 30.0 Å². The van der Waals surface area contributed by atoms with Crippen molar-refractivity contribution in [3.8, 4) is 0 Å². The number of ketones is 1. The van der Waals surface area contributed by atoms with Crippen LogP contribution in [0.1, 0.15) is 15.9 Å². The molecule has 0 bridgehead atoms. The highest BCUT2D eigenvalue weighted by molar-refractivity contribution is 9.11. The fourth-order valence-electron chi connectivity index (χ4n) is 2.05. The lowest BCUT2D eigenvalue weighted by molar-refractivity contribution is 0.103. The molecule has 0 N–H and O–H groups in total. The minimum absolute atomic E-state index is 0.00451. The molecule has 2 aromatic carbocycles. The molecule has 1 heterocycles. The highest BCUT2D eigenvalue weighted by atomic mass is 79.9. The number of hydrogen-bond donors (Lipinski definition) is 0. The molecule has 0 atom stereocenters. The lowest BCUT2D eigenvalue weighted by Gasteiger charge is -2.05. The Labute approximate surface area is 133 Å². The molecule has 20 heavy (non-hydrogen) atoms. The highest BCUT2D eigenvalue weighted by Gasteiger charge is 2.13. The van der Waals surface area contributed by atoms with Gasteiger partial charge in [-0.3, -0.25) is 9.78 Å². The normalized spacial score (nSPS) is 10.7. The summed E-state index contributed by atoms with van der Waals surface area (Å²) in [5.41, 5.74) is 2.20. The Bertz CT molecular complexity index is 814. The molecule has 1 aromatic heterocycles. The summed E-state index contributed by atoms with van der Waals surface area (Å²) >= 11 is 6.82. The fourth-order valence-corrected chi connectivity index (χ4v) is 3.27. The standard InChI is InChI=1S/C16H9Br2NO/c17-12-4-5-13(14(18)9-12)16(20)11-3-6-15-10(8-11)2-1-7-19-15/h1-9H. The largest absolute Gasteiger partial charge is 0.289 e. The molecule has 0 saturated heterocycles. The zero-order valence-corrected chi connectivity index (χ0v) is 13.5. The molecule has 2 nitrogen and oxygen atoms in total. The first-order valence-electron chi connectivity index (χ1n) is 6.00. The van der Waals surface area contributed by atoms with E-state index < -0.39 is 0 Å². The Balaban J connectivity index is 2.08. The lowest BCUT2D eigenvalue weighted by atomic mass is 10.0. The Morgan fingerprint density at radius 1 is 1.00 bits per heavy atom. The van der Waals surface area contributed by atoms with E-state index in [0.717, 1.165) is 19.8 Å². The summed E-state index contributed by atoms with van der Waals surface area (Å²) in [5.74, 6) is -0.00451. The Hall–Kier alpha value is -1.52. The maximum absolute atomic E-state index is 12.6. The first-order valence-corrected chi connectivity index (χ1v) is 7.58. The molecule has 0 radical (unpaired) electrons. The molecular weight excluding hydrogens is 382 g/mol. The van der Waals surface area contributed by atoms with E-state index in [4.69, 9.17) is 0 Å². The second-order valence-electron chi connectivity index (χ2n) is 4.36. The Kier molecular flexibility index (Phi) is 3.68. The molecule has 0 aliphatic rings. The molecule has 0 aliphatic heterocycles. The van der Waals surface area contributed by atoms with Crippen molar-refractivity contribution in [3.05, 3.63) is 74.8 Å². The van der Waals surface area contributed by atoms with Crippen LogP contribution in [0.2, 0.25) is 0 Å². The zero-order chi connectivity index (χ0) is 14.1. The third-order valence-electron chi connectivity index (χ3n) is 3.04. The van der Waals surface area contributed by atoms with Crippen LogP contribution >= 0.6 is 31.9 Å². The molecule has 0 spiro atoms. The van der Waals surface area contributed by atoms with Crippen molar-refractivity contribution in [2.45, 2.75) is 0 Å². The van der Waals surface area contributed by atoms with Crippen molar-refractivity contribution in [1.82, 2.24) is 4.98 Å². The first-order chi connectivity index (χ1) is 9.65. The number of nitrogens with zero attached hydrogens (tertiary/aromatic N) is 1. The van der Waals surface area contributed by atoms with Crippen molar-refractivity contribution < 1.29 is 4.79 Å². The smallest absolute Gasteiger partial charge is 0.194 e. The van der Waals surface area contributed by atoms with Crippen LogP contribution in [0.5, 0.6) is 0 Å². The van der Waals surface area contributed by atoms with Crippen LogP contribution in [-0.4, -0.2) is 10.8 Å². The fraction of sp³-hybridized carbons (Fsp3) is 0. The van der Waals surface area contributed by atoms with Crippen molar-refractivity contribution in [2.24, 2.45) is 0 Å². The molecule has 0 amide bonds. The number of halogens is 2. The monoisotopic (exact) mass is 389 g/mol. The average Bonchev–Trinajstić information content (AvgIpc) is 2.46. The van der Waals surface area contributed by atoms with Crippen LogP contribution < -0.4 is 0 Å². The molecule has 4 heteroatoms. The van der Waals surface area contributed by atoms with Gasteiger partial charge in [0.1, 0.15) is 0 Å². The van der Waals surface area contributed by atoms with Gasteiger partial charge in [-0.15, -0.1) is 0 Å². The number of fused-ring (bicyclic) bond motifs is 1. The van der Waals surface area contributed by atoms with E-state index in [2.05, 4.69) is 36.8 Å². The molecule has 98 valence electrons. The van der Waals surface area contributed by atoms with Crippen molar-refractivity contribution in [2.75, 3.05) is 0 Å². The third kappa shape index (κ3) is 2.53. The summed E-state index contributed by atoms with van der Waals surface area (Å²) in [5, 5.41) is 0.964. The van der Waals surface area contributed by atoms with Gasteiger partial charge in [0.05, 0.1) is 5.52 Å². The van der Waals surface area contributed by atoms with Gasteiger partial charge >= 0.3 is 0 Å². The van der Waals surface area contributed by atoms with Crippen LogP contribution in [0.4, 0.5) is 0 Å². The molecule has 3 rings (SSSR count). The third-order valence-corrected chi connectivity index (χ3v) is 4.19. The summed E-state index contributed by atoms with van der Waals surface area (Å²) < 4.78 is 1.71. The average molecular weight is 391 g/mol. The number of pyridine rings is 1. The summed E-state index contributed by atoms with van der Waals surface area (Å²) in [7, 11) is 0. The van der Waals surface area contributed by atoms with E-state index in [9.17, 15) is 4.79 Å². The maximum Gasteiger partial charge on any atom is 0.194 e. The summed E-state index contributed by atoms with van der Waals surface area (Å²) in [6.07, 6.45) is 1.75. The van der Waals surface area contributed by atoms with Gasteiger partial charge in [0.25, 0.3) is 0 Å². The minimum Gasteiger partial charge on any atom is -0.289 e. The first kappa shape index (κ1) is 13.5. The van der Waals surface area contributed by atoms with Crippen LogP contribution in [0.25, 0.3) is 10.9 Å². The van der Waals surface area contributed by atoms with E-state index in [1.807, 2.05) is 48.5 Å². The number of hydrogen-bond acceptors (Lipinski definition) is 2. The van der Waals surface area contributed by atoms with Gasteiger partial charge < -0.3 is 0 Å². The van der Waals surface area contributed by atoms with Gasteiger partial charge in [-0.05, 0) is 58.4 Å². The quantitative estimate of drug-likeness (QED) is 0.577. The van der Waals surface area contributed by atoms with Gasteiger partial charge in [-0.1, -0.05) is 22.0 Å². The van der Waals surface area contributed by atoms with Crippen LogP contribution in [0, 0.1) is 0 Å². The maximum atomic E-state index is 12.6. The summed E-state index contributed by atoms with van der Waals surface area (Å²) in [6, 6.07) is 14.9. The summed E-state index contributed by atoms with van der Waals surface area (Å²) in [4.78, 5) is 16.8. The molecule has 3 aromatic rings. The minimum atomic E-state index is -0.00451. The number of carbonyl (C=O) groups is 1. The predicted molar refractivity (Wildman–Crippen MR) is 87.0 cm³/mol. The molecule has 0 aliphatic carbocycles. The lowest BCUT2D eigenvalue weighted by Crippen LogP contribution is -2.02. The van der Waals surface area contributed by atoms with E-state index in [1.165, 1.54) is 0 Å². The number of rotatable bonds is 2. The predicted octanol–water partition coefficient (Wildman–Crippen LogP) is 4.99. The van der Waals surface area contributed by atoms with Crippen LogP contribution in [0.15, 0.2) is 63.7 Å². The Morgan fingerprint density at radius 3 is 2.65 bits per heavy atom. The van der Waals surface area contributed by atoms with Crippen LogP contribution in [0.3, 0.4) is 0 Å². The SMILES string of the molecule is O=C(c1ccc2ncccc2c1)c1ccc(Br)cc1Br. The molecule has 0 saturated carbocycles. The van der Waals surface area contributed by atoms with E-state index in [0.29, 0.717) is 11.1 Å². The number of aromatic nitrogens is 1. The molecular formula is C16H9Br2NO. The van der Waals surface area contributed by atoms with E-state index in [1.54, 1.807) is 6.20 Å². The van der Waals surface area contributed by atoms with Crippen LogP contribution in [-0.2, 0) is 0 Å². The van der Waals surface area contributed by atoms with E-state index in [-0.39, 0.29) is 5.78 Å². The van der Waals surface area contributed by atoms with Gasteiger partial charge in [-0.25, -0.2) is 0 Å². The highest BCUT2D eigenvalue weighted by Crippen LogP contribution is 2.25. The van der Waals surface area contributed by atoms with Gasteiger partial charge in [0.2, 0.25) is 0 Å². The van der Waals surface area contributed by atoms with Crippen molar-refractivity contribution >= 4 is 48.5 Å². The van der Waals surface area contributed by atoms with Gasteiger partial charge in [0.15, 0.2) is 5.78 Å². The zero-order valence-electron chi connectivity index (χ0n) is 10.3. The van der Waals surface area contributed by atoms with Gasteiger partial charge in [-0.2, -0.15) is 0 Å².